The molecular formula is C12H20Cl2N2O2S. The molecule has 19 heavy (non-hydrogen) atoms. The van der Waals surface area contributed by atoms with Crippen molar-refractivity contribution in [3.05, 3.63) is 35.4 Å². The first kappa shape index (κ1) is 18.7. The quantitative estimate of drug-likeness (QED) is 0.907. The number of rotatable bonds is 3. The molecule has 0 bridgehead atoms. The molecule has 1 saturated heterocycles. The number of sulfone groups is 1. The lowest BCUT2D eigenvalue weighted by molar-refractivity contribution is 0.287. The van der Waals surface area contributed by atoms with Gasteiger partial charge in [0.1, 0.15) is 0 Å². The molecule has 1 heterocycles. The Morgan fingerprint density at radius 1 is 1.00 bits per heavy atom. The van der Waals surface area contributed by atoms with E-state index in [2.05, 4.69) is 17.0 Å². The minimum absolute atomic E-state index is 0. The van der Waals surface area contributed by atoms with Gasteiger partial charge in [-0.15, -0.1) is 24.8 Å². The van der Waals surface area contributed by atoms with Crippen molar-refractivity contribution in [2.24, 2.45) is 5.73 Å². The van der Waals surface area contributed by atoms with E-state index in [1.165, 1.54) is 5.56 Å². The van der Waals surface area contributed by atoms with E-state index in [1.807, 2.05) is 12.1 Å². The highest BCUT2D eigenvalue weighted by Crippen LogP contribution is 2.10. The highest BCUT2D eigenvalue weighted by Gasteiger charge is 2.21. The van der Waals surface area contributed by atoms with E-state index < -0.39 is 9.84 Å². The van der Waals surface area contributed by atoms with Crippen LogP contribution in [0.15, 0.2) is 24.3 Å². The Balaban J connectivity index is 0.00000162. The largest absolute Gasteiger partial charge is 0.326 e. The monoisotopic (exact) mass is 326 g/mol. The Morgan fingerprint density at radius 2 is 1.47 bits per heavy atom. The summed E-state index contributed by atoms with van der Waals surface area (Å²) in [5.41, 5.74) is 7.87. The number of benzene rings is 1. The first-order valence-corrected chi connectivity index (χ1v) is 7.62. The van der Waals surface area contributed by atoms with Crippen LogP contribution >= 0.6 is 24.8 Å². The Bertz CT molecular complexity index is 463. The molecular weight excluding hydrogens is 307 g/mol. The normalized spacial score (nSPS) is 18.2. The van der Waals surface area contributed by atoms with Gasteiger partial charge in [-0.3, -0.25) is 4.90 Å². The molecule has 1 aromatic carbocycles. The second-order valence-corrected chi connectivity index (χ2v) is 6.75. The summed E-state index contributed by atoms with van der Waals surface area (Å²) in [6.07, 6.45) is 0. The van der Waals surface area contributed by atoms with Crippen LogP contribution in [-0.2, 0) is 22.9 Å². The van der Waals surface area contributed by atoms with Crippen molar-refractivity contribution < 1.29 is 8.42 Å². The smallest absolute Gasteiger partial charge is 0.152 e. The minimum atomic E-state index is -2.78. The van der Waals surface area contributed by atoms with Crippen LogP contribution < -0.4 is 5.73 Å². The highest BCUT2D eigenvalue weighted by molar-refractivity contribution is 7.91. The first-order valence-electron chi connectivity index (χ1n) is 5.80. The summed E-state index contributed by atoms with van der Waals surface area (Å²) in [5.74, 6) is 0.571. The molecule has 2 N–H and O–H groups in total. The van der Waals surface area contributed by atoms with E-state index >= 15 is 0 Å². The summed E-state index contributed by atoms with van der Waals surface area (Å²) in [6, 6.07) is 8.17. The molecule has 0 spiro atoms. The predicted molar refractivity (Wildman–Crippen MR) is 82.8 cm³/mol. The SMILES string of the molecule is Cl.Cl.NCc1ccc(CN2CCS(=O)(=O)CC2)cc1. The van der Waals surface area contributed by atoms with Gasteiger partial charge in [0, 0.05) is 26.2 Å². The molecule has 0 amide bonds. The fourth-order valence-electron chi connectivity index (χ4n) is 1.95. The molecule has 0 unspecified atom stereocenters. The van der Waals surface area contributed by atoms with Crippen molar-refractivity contribution in [1.29, 1.82) is 0 Å². The third kappa shape index (κ3) is 5.67. The van der Waals surface area contributed by atoms with Gasteiger partial charge in [0.15, 0.2) is 9.84 Å². The van der Waals surface area contributed by atoms with Crippen LogP contribution in [0.1, 0.15) is 11.1 Å². The van der Waals surface area contributed by atoms with Crippen molar-refractivity contribution in [3.63, 3.8) is 0 Å². The van der Waals surface area contributed by atoms with Gasteiger partial charge in [-0.25, -0.2) is 8.42 Å². The number of hydrogen-bond acceptors (Lipinski definition) is 4. The maximum atomic E-state index is 11.3. The van der Waals surface area contributed by atoms with Gasteiger partial charge in [0.2, 0.25) is 0 Å². The van der Waals surface area contributed by atoms with Crippen LogP contribution in [0.25, 0.3) is 0 Å². The van der Waals surface area contributed by atoms with Crippen molar-refractivity contribution in [1.82, 2.24) is 4.90 Å². The van der Waals surface area contributed by atoms with E-state index in [9.17, 15) is 8.42 Å². The molecule has 1 aromatic rings. The lowest BCUT2D eigenvalue weighted by Gasteiger charge is -2.26. The lowest BCUT2D eigenvalue weighted by atomic mass is 10.1. The van der Waals surface area contributed by atoms with Gasteiger partial charge in [0.25, 0.3) is 0 Å². The van der Waals surface area contributed by atoms with Crippen molar-refractivity contribution in [2.75, 3.05) is 24.6 Å². The predicted octanol–water partition coefficient (Wildman–Crippen LogP) is 1.22. The fraction of sp³-hybridized carbons (Fsp3) is 0.500. The molecule has 7 heteroatoms. The van der Waals surface area contributed by atoms with Crippen LogP contribution in [0, 0.1) is 0 Å². The third-order valence-electron chi connectivity index (χ3n) is 3.10. The van der Waals surface area contributed by atoms with Gasteiger partial charge in [-0.05, 0) is 11.1 Å². The second kappa shape index (κ2) is 8.07. The van der Waals surface area contributed by atoms with Gasteiger partial charge in [-0.2, -0.15) is 0 Å². The average molecular weight is 327 g/mol. The van der Waals surface area contributed by atoms with Crippen molar-refractivity contribution in [2.45, 2.75) is 13.1 Å². The van der Waals surface area contributed by atoms with Crippen molar-refractivity contribution >= 4 is 34.7 Å². The zero-order chi connectivity index (χ0) is 12.3. The molecule has 2 rings (SSSR count). The summed E-state index contributed by atoms with van der Waals surface area (Å²) in [7, 11) is -2.78. The third-order valence-corrected chi connectivity index (χ3v) is 4.71. The Morgan fingerprint density at radius 3 is 1.95 bits per heavy atom. The Labute approximate surface area is 127 Å². The summed E-state index contributed by atoms with van der Waals surface area (Å²) < 4.78 is 22.6. The Kier molecular flexibility index (Phi) is 7.93. The Hall–Kier alpha value is -0.330. The summed E-state index contributed by atoms with van der Waals surface area (Å²) in [6.45, 7) is 2.66. The lowest BCUT2D eigenvalue weighted by Crippen LogP contribution is -2.39. The minimum Gasteiger partial charge on any atom is -0.326 e. The van der Waals surface area contributed by atoms with Crippen LogP contribution in [-0.4, -0.2) is 37.9 Å². The summed E-state index contributed by atoms with van der Waals surface area (Å²) >= 11 is 0. The molecule has 1 aliphatic heterocycles. The van der Waals surface area contributed by atoms with Crippen LogP contribution in [0.5, 0.6) is 0 Å². The molecule has 4 nitrogen and oxygen atoms in total. The highest BCUT2D eigenvalue weighted by atomic mass is 35.5. The maximum absolute atomic E-state index is 11.3. The van der Waals surface area contributed by atoms with Gasteiger partial charge >= 0.3 is 0 Å². The van der Waals surface area contributed by atoms with Crippen LogP contribution in [0.3, 0.4) is 0 Å². The number of nitrogens with two attached hydrogens (primary N) is 1. The van der Waals surface area contributed by atoms with Crippen LogP contribution in [0.2, 0.25) is 0 Å². The molecule has 0 saturated carbocycles. The van der Waals surface area contributed by atoms with E-state index in [0.29, 0.717) is 19.6 Å². The molecule has 110 valence electrons. The summed E-state index contributed by atoms with van der Waals surface area (Å²) in [4.78, 5) is 2.18. The fourth-order valence-corrected chi connectivity index (χ4v) is 3.22. The zero-order valence-corrected chi connectivity index (χ0v) is 13.1. The molecule has 0 radical (unpaired) electrons. The van der Waals surface area contributed by atoms with E-state index in [4.69, 9.17) is 5.73 Å². The van der Waals surface area contributed by atoms with E-state index in [0.717, 1.165) is 12.1 Å². The molecule has 1 aliphatic rings. The molecule has 0 aromatic heterocycles. The average Bonchev–Trinajstić information content (AvgIpc) is 2.33. The molecule has 1 fully saturated rings. The molecule has 0 atom stereocenters. The van der Waals surface area contributed by atoms with Crippen LogP contribution in [0.4, 0.5) is 0 Å². The maximum Gasteiger partial charge on any atom is 0.152 e. The van der Waals surface area contributed by atoms with E-state index in [-0.39, 0.29) is 36.3 Å². The molecule has 0 aliphatic carbocycles. The van der Waals surface area contributed by atoms with Gasteiger partial charge in [-0.1, -0.05) is 24.3 Å². The standard InChI is InChI=1S/C12H18N2O2S.2ClH/c13-9-11-1-3-12(4-2-11)10-14-5-7-17(15,16)8-6-14;;/h1-4H,5-10,13H2;2*1H. The first-order chi connectivity index (χ1) is 8.09. The number of halogens is 2. The number of nitrogens with zero attached hydrogens (tertiary/aromatic N) is 1. The number of hydrogen-bond donors (Lipinski definition) is 1. The van der Waals surface area contributed by atoms with Gasteiger partial charge < -0.3 is 5.73 Å². The van der Waals surface area contributed by atoms with E-state index in [1.54, 1.807) is 0 Å². The second-order valence-electron chi connectivity index (χ2n) is 4.45. The van der Waals surface area contributed by atoms with Gasteiger partial charge in [0.05, 0.1) is 11.5 Å². The zero-order valence-electron chi connectivity index (χ0n) is 10.6. The summed E-state index contributed by atoms with van der Waals surface area (Å²) in [5, 5.41) is 0. The van der Waals surface area contributed by atoms with Crippen molar-refractivity contribution in [3.8, 4) is 0 Å². The topological polar surface area (TPSA) is 63.4 Å².